The molecule has 0 fully saturated rings. The predicted molar refractivity (Wildman–Crippen MR) is 127 cm³/mol. The highest BCUT2D eigenvalue weighted by molar-refractivity contribution is 7.99. The van der Waals surface area contributed by atoms with Crippen LogP contribution in [0.1, 0.15) is 5.56 Å². The Labute approximate surface area is 201 Å². The molecule has 2 aromatic rings. The fraction of sp³-hybridized carbons (Fsp3) is 0.333. The van der Waals surface area contributed by atoms with Gasteiger partial charge in [-0.2, -0.15) is 0 Å². The molecule has 1 aliphatic rings. The minimum atomic E-state index is -1.83. The quantitative estimate of drug-likeness (QED) is 0.439. The number of rotatable bonds is 8. The van der Waals surface area contributed by atoms with Gasteiger partial charge < -0.3 is 30.3 Å². The number of para-hydroxylation sites is 1. The normalized spacial score (nSPS) is 19.8. The van der Waals surface area contributed by atoms with Crippen molar-refractivity contribution in [3.63, 3.8) is 0 Å². The number of likely N-dealkylation sites (N-methyl/N-ethyl adjacent to an activating group) is 1. The first-order valence-electron chi connectivity index (χ1n) is 10.5. The second-order valence-electron chi connectivity index (χ2n) is 7.75. The minimum Gasteiger partial charge on any atom is -0.387 e. The van der Waals surface area contributed by atoms with Crippen molar-refractivity contribution in [3.8, 4) is 0 Å². The van der Waals surface area contributed by atoms with Gasteiger partial charge in [0.2, 0.25) is 5.91 Å². The van der Waals surface area contributed by atoms with Gasteiger partial charge in [-0.1, -0.05) is 42.5 Å². The fourth-order valence-electron chi connectivity index (χ4n) is 3.52. The molecule has 34 heavy (non-hydrogen) atoms. The summed E-state index contributed by atoms with van der Waals surface area (Å²) in [7, 11) is 2.77. The van der Waals surface area contributed by atoms with Gasteiger partial charge in [0, 0.05) is 30.4 Å². The van der Waals surface area contributed by atoms with Crippen LogP contribution in [-0.2, 0) is 14.3 Å². The van der Waals surface area contributed by atoms with Crippen molar-refractivity contribution >= 4 is 35.3 Å². The van der Waals surface area contributed by atoms with Crippen LogP contribution in [0.2, 0.25) is 0 Å². The molecule has 1 aliphatic heterocycles. The smallest absolute Gasteiger partial charge is 0.252 e. The number of aliphatic hydroxyl groups is 3. The van der Waals surface area contributed by atoms with Crippen molar-refractivity contribution in [1.82, 2.24) is 5.32 Å². The Bertz CT molecular complexity index is 1050. The molecule has 2 amide bonds. The number of halogens is 1. The highest BCUT2D eigenvalue weighted by atomic mass is 32.2. The summed E-state index contributed by atoms with van der Waals surface area (Å²) in [5.74, 6) is -1.43. The van der Waals surface area contributed by atoms with Gasteiger partial charge in [0.15, 0.2) is 6.10 Å². The molecular formula is C24H27FN2O6S. The summed E-state index contributed by atoms with van der Waals surface area (Å²) >= 11 is 1.40. The lowest BCUT2D eigenvalue weighted by Gasteiger charge is -2.28. The number of amides is 2. The van der Waals surface area contributed by atoms with Crippen LogP contribution in [0.3, 0.4) is 0 Å². The molecule has 0 unspecified atom stereocenters. The van der Waals surface area contributed by atoms with E-state index in [-0.39, 0.29) is 17.2 Å². The number of carbonyl (C=O) groups excluding carboxylic acids is 2. The zero-order valence-electron chi connectivity index (χ0n) is 18.7. The third kappa shape index (κ3) is 5.83. The molecule has 0 saturated carbocycles. The number of aliphatic hydroxyl groups excluding tert-OH is 3. The van der Waals surface area contributed by atoms with Gasteiger partial charge in [-0.15, -0.1) is 11.8 Å². The van der Waals surface area contributed by atoms with E-state index in [9.17, 15) is 29.3 Å². The van der Waals surface area contributed by atoms with E-state index in [0.29, 0.717) is 0 Å². The fourth-order valence-corrected chi connectivity index (χ4v) is 4.62. The van der Waals surface area contributed by atoms with Crippen LogP contribution < -0.4 is 10.2 Å². The minimum absolute atomic E-state index is 0.179. The SMILES string of the molecule is CO[C@@H](C(=O)N[C@H]1CSc2ccccc2N(C)C1=O)[C@H](O)[C@@H](O)[C@H](O)C=Cc1ccccc1F. The molecule has 0 aliphatic carbocycles. The molecule has 0 bridgehead atoms. The van der Waals surface area contributed by atoms with Gasteiger partial charge in [-0.25, -0.2) is 4.39 Å². The number of anilines is 1. The zero-order valence-corrected chi connectivity index (χ0v) is 19.5. The van der Waals surface area contributed by atoms with E-state index in [1.165, 1.54) is 40.9 Å². The van der Waals surface area contributed by atoms with E-state index in [4.69, 9.17) is 4.74 Å². The highest BCUT2D eigenvalue weighted by Gasteiger charge is 2.38. The Kier molecular flexibility index (Phi) is 8.81. The summed E-state index contributed by atoms with van der Waals surface area (Å²) < 4.78 is 18.8. The third-order valence-electron chi connectivity index (χ3n) is 5.48. The van der Waals surface area contributed by atoms with E-state index < -0.39 is 42.2 Å². The van der Waals surface area contributed by atoms with Crippen molar-refractivity contribution in [2.45, 2.75) is 35.4 Å². The Morgan fingerprint density at radius 1 is 1.18 bits per heavy atom. The largest absolute Gasteiger partial charge is 0.387 e. The summed E-state index contributed by atoms with van der Waals surface area (Å²) in [4.78, 5) is 28.1. The van der Waals surface area contributed by atoms with Gasteiger partial charge in [0.25, 0.3) is 5.91 Å². The molecule has 8 nitrogen and oxygen atoms in total. The van der Waals surface area contributed by atoms with Crippen LogP contribution >= 0.6 is 11.8 Å². The molecule has 1 heterocycles. The monoisotopic (exact) mass is 490 g/mol. The maximum atomic E-state index is 13.7. The Morgan fingerprint density at radius 3 is 2.56 bits per heavy atom. The average Bonchev–Trinajstić information content (AvgIpc) is 2.95. The number of nitrogens with zero attached hydrogens (tertiary/aromatic N) is 1. The van der Waals surface area contributed by atoms with Crippen LogP contribution in [0.25, 0.3) is 6.08 Å². The Balaban J connectivity index is 1.66. The van der Waals surface area contributed by atoms with Crippen LogP contribution in [0.15, 0.2) is 59.5 Å². The summed E-state index contributed by atoms with van der Waals surface area (Å²) in [5.41, 5.74) is 0.900. The number of ether oxygens (including phenoxy) is 1. The third-order valence-corrected chi connectivity index (χ3v) is 6.63. The van der Waals surface area contributed by atoms with Crippen molar-refractivity contribution in [2.24, 2.45) is 0 Å². The molecule has 0 aromatic heterocycles. The number of nitrogens with one attached hydrogen (secondary N) is 1. The highest BCUT2D eigenvalue weighted by Crippen LogP contribution is 2.33. The van der Waals surface area contributed by atoms with Gasteiger partial charge in [-0.05, 0) is 18.2 Å². The maximum Gasteiger partial charge on any atom is 0.252 e. The molecule has 2 aromatic carbocycles. The number of hydrogen-bond acceptors (Lipinski definition) is 7. The summed E-state index contributed by atoms with van der Waals surface area (Å²) in [6, 6.07) is 12.3. The lowest BCUT2D eigenvalue weighted by atomic mass is 10.0. The van der Waals surface area contributed by atoms with Crippen molar-refractivity contribution in [1.29, 1.82) is 0 Å². The summed E-state index contributed by atoms with van der Waals surface area (Å²) in [5, 5.41) is 33.7. The number of hydrogen-bond donors (Lipinski definition) is 4. The summed E-state index contributed by atoms with van der Waals surface area (Å²) in [6.45, 7) is 0. The topological polar surface area (TPSA) is 119 Å². The van der Waals surface area contributed by atoms with E-state index in [1.54, 1.807) is 19.2 Å². The number of thioether (sulfide) groups is 1. The molecule has 4 N–H and O–H groups in total. The first-order valence-corrected chi connectivity index (χ1v) is 11.5. The van der Waals surface area contributed by atoms with Crippen LogP contribution in [0.4, 0.5) is 10.1 Å². The molecule has 0 radical (unpaired) electrons. The number of carbonyl (C=O) groups is 2. The van der Waals surface area contributed by atoms with Crippen LogP contribution in [0.5, 0.6) is 0 Å². The Hall–Kier alpha value is -2.76. The van der Waals surface area contributed by atoms with E-state index in [0.717, 1.165) is 23.8 Å². The molecule has 3 rings (SSSR count). The van der Waals surface area contributed by atoms with Gasteiger partial charge in [-0.3, -0.25) is 9.59 Å². The molecule has 10 heteroatoms. The molecule has 182 valence electrons. The second kappa shape index (κ2) is 11.6. The van der Waals surface area contributed by atoms with Gasteiger partial charge >= 0.3 is 0 Å². The lowest BCUT2D eigenvalue weighted by molar-refractivity contribution is -0.150. The standard InChI is InChI=1S/C24H27FN2O6S/c1-27-17-9-5-6-10-19(17)34-13-16(24(27)32)26-23(31)22(33-2)21(30)20(29)18(28)12-11-14-7-3-4-8-15(14)25/h3-12,16,18,20-22,28-30H,13H2,1-2H3,(H,26,31)/t16-,18+,20-,21+,22+/m0/s1. The number of methoxy groups -OCH3 is 1. The zero-order chi connectivity index (χ0) is 24.8. The predicted octanol–water partition coefficient (Wildman–Crippen LogP) is 1.19. The number of fused-ring (bicyclic) bond motifs is 1. The first-order chi connectivity index (χ1) is 16.2. The lowest BCUT2D eigenvalue weighted by Crippen LogP contribution is -2.56. The van der Waals surface area contributed by atoms with Crippen molar-refractivity contribution in [3.05, 3.63) is 66.0 Å². The maximum absolute atomic E-state index is 13.7. The molecule has 0 spiro atoms. The van der Waals surface area contributed by atoms with Gasteiger partial charge in [0.05, 0.1) is 5.69 Å². The molecular weight excluding hydrogens is 463 g/mol. The van der Waals surface area contributed by atoms with E-state index in [1.807, 2.05) is 18.2 Å². The molecule has 0 saturated heterocycles. The van der Waals surface area contributed by atoms with Gasteiger partial charge in [0.1, 0.15) is 30.2 Å². The second-order valence-corrected chi connectivity index (χ2v) is 8.81. The average molecular weight is 491 g/mol. The van der Waals surface area contributed by atoms with Crippen LogP contribution in [-0.4, -0.2) is 77.5 Å². The van der Waals surface area contributed by atoms with Crippen molar-refractivity contribution < 1.29 is 34.0 Å². The molecule has 5 atom stereocenters. The van der Waals surface area contributed by atoms with E-state index in [2.05, 4.69) is 5.32 Å². The van der Waals surface area contributed by atoms with Crippen molar-refractivity contribution in [2.75, 3.05) is 24.8 Å². The Morgan fingerprint density at radius 2 is 1.85 bits per heavy atom. The summed E-state index contributed by atoms with van der Waals surface area (Å²) in [6.07, 6.45) is -4.46. The first kappa shape index (κ1) is 25.9. The van der Waals surface area contributed by atoms with E-state index >= 15 is 0 Å². The number of benzene rings is 2. The van der Waals surface area contributed by atoms with Crippen LogP contribution in [0, 0.1) is 5.82 Å².